The fourth-order valence-corrected chi connectivity index (χ4v) is 3.46. The fraction of sp³-hybridized carbons (Fsp3) is 0.294. The Bertz CT molecular complexity index is 691. The Balaban J connectivity index is 2.57. The zero-order chi connectivity index (χ0) is 14.9. The highest BCUT2D eigenvalue weighted by Gasteiger charge is 2.21. The van der Waals surface area contributed by atoms with Crippen LogP contribution in [0.5, 0.6) is 0 Å². The first-order valence-corrected chi connectivity index (χ1v) is 10.3. The van der Waals surface area contributed by atoms with Crippen molar-refractivity contribution in [1.82, 2.24) is 0 Å². The van der Waals surface area contributed by atoms with Gasteiger partial charge in [0.1, 0.15) is 7.05 Å². The predicted octanol–water partition coefficient (Wildman–Crippen LogP) is 2.90. The lowest BCUT2D eigenvalue weighted by molar-refractivity contribution is -0.659. The molecule has 102 valence electrons. The van der Waals surface area contributed by atoms with Gasteiger partial charge < -0.3 is 0 Å². The van der Waals surface area contributed by atoms with Crippen molar-refractivity contribution in [3.8, 4) is 17.3 Å². The van der Waals surface area contributed by atoms with Crippen molar-refractivity contribution >= 4 is 13.3 Å². The molecule has 0 N–H and O–H groups in total. The molecule has 0 unspecified atom stereocenters. The maximum Gasteiger partial charge on any atom is 0.212 e. The van der Waals surface area contributed by atoms with Crippen LogP contribution >= 0.6 is 0 Å². The monoisotopic (exact) mass is 281 g/mol. The molecule has 1 aromatic carbocycles. The predicted molar refractivity (Wildman–Crippen MR) is 85.5 cm³/mol. The van der Waals surface area contributed by atoms with Gasteiger partial charge in [0.2, 0.25) is 5.69 Å². The van der Waals surface area contributed by atoms with Gasteiger partial charge in [-0.05, 0) is 24.6 Å². The first kappa shape index (κ1) is 14.5. The van der Waals surface area contributed by atoms with Crippen LogP contribution in [0.3, 0.4) is 0 Å². The molecule has 0 radical (unpaired) electrons. The van der Waals surface area contributed by atoms with Gasteiger partial charge in [0.25, 0.3) is 0 Å². The van der Waals surface area contributed by atoms with E-state index in [1.807, 2.05) is 18.2 Å². The number of benzene rings is 1. The van der Waals surface area contributed by atoms with Crippen LogP contribution in [0.25, 0.3) is 11.3 Å². The number of nitrogens with zero attached hydrogens (tertiary/aromatic N) is 2. The summed E-state index contributed by atoms with van der Waals surface area (Å²) < 4.78 is 2.18. The van der Waals surface area contributed by atoms with Gasteiger partial charge in [-0.15, -0.1) is 0 Å². The summed E-state index contributed by atoms with van der Waals surface area (Å²) in [6.45, 7) is 9.14. The maximum atomic E-state index is 9.07. The van der Waals surface area contributed by atoms with Crippen LogP contribution < -0.4 is 9.75 Å². The number of rotatable bonds is 2. The Morgan fingerprint density at radius 3 is 2.35 bits per heavy atom. The second kappa shape index (κ2) is 5.22. The molecule has 3 heteroatoms. The van der Waals surface area contributed by atoms with Gasteiger partial charge >= 0.3 is 0 Å². The molecule has 20 heavy (non-hydrogen) atoms. The Morgan fingerprint density at radius 1 is 1.10 bits per heavy atom. The average molecular weight is 281 g/mol. The summed E-state index contributed by atoms with van der Waals surface area (Å²) in [4.78, 5) is 0. The standard InChI is InChI=1S/C17H21N2Si/c1-13-6-7-14(11-18)10-16(13)17-9-8-15(12-19(17)2)20(3,4)5/h6-10,12H,1-5H3/q+1. The van der Waals surface area contributed by atoms with E-state index in [1.165, 1.54) is 10.8 Å². The largest absolute Gasteiger partial charge is 0.212 e. The number of nitriles is 1. The summed E-state index contributed by atoms with van der Waals surface area (Å²) in [7, 11) is 0.788. The molecule has 0 saturated heterocycles. The molecule has 0 fully saturated rings. The molecule has 0 saturated carbocycles. The van der Waals surface area contributed by atoms with E-state index in [0.717, 1.165) is 11.3 Å². The molecular weight excluding hydrogens is 260 g/mol. The lowest BCUT2D eigenvalue weighted by atomic mass is 10.0. The third-order valence-corrected chi connectivity index (χ3v) is 5.67. The van der Waals surface area contributed by atoms with Gasteiger partial charge in [0.15, 0.2) is 6.20 Å². The molecule has 0 aliphatic rings. The van der Waals surface area contributed by atoms with Crippen molar-refractivity contribution in [2.45, 2.75) is 26.6 Å². The first-order valence-electron chi connectivity index (χ1n) is 6.84. The summed E-state index contributed by atoms with van der Waals surface area (Å²) >= 11 is 0. The van der Waals surface area contributed by atoms with Crippen molar-refractivity contribution in [3.05, 3.63) is 47.7 Å². The van der Waals surface area contributed by atoms with Gasteiger partial charge in [0.05, 0.1) is 25.3 Å². The molecule has 1 heterocycles. The highest BCUT2D eigenvalue weighted by atomic mass is 28.3. The number of aromatic nitrogens is 1. The van der Waals surface area contributed by atoms with Crippen molar-refractivity contribution < 1.29 is 4.57 Å². The summed E-state index contributed by atoms with van der Waals surface area (Å²) in [5, 5.41) is 10.5. The van der Waals surface area contributed by atoms with Crippen molar-refractivity contribution in [2.24, 2.45) is 7.05 Å². The Kier molecular flexibility index (Phi) is 3.78. The molecule has 2 rings (SSSR count). The van der Waals surface area contributed by atoms with E-state index in [0.29, 0.717) is 5.56 Å². The van der Waals surface area contributed by atoms with Gasteiger partial charge in [-0.25, -0.2) is 4.57 Å². The van der Waals surface area contributed by atoms with Crippen LogP contribution in [0.15, 0.2) is 36.5 Å². The summed E-state index contributed by atoms with van der Waals surface area (Å²) in [5.74, 6) is 0. The van der Waals surface area contributed by atoms with Gasteiger partial charge in [0, 0.05) is 11.3 Å². The summed E-state index contributed by atoms with van der Waals surface area (Å²) in [6, 6.07) is 12.5. The highest BCUT2D eigenvalue weighted by Crippen LogP contribution is 2.21. The first-order chi connectivity index (χ1) is 9.32. The van der Waals surface area contributed by atoms with Gasteiger partial charge in [-0.1, -0.05) is 31.8 Å². The van der Waals surface area contributed by atoms with E-state index in [1.54, 1.807) is 0 Å². The molecule has 0 aliphatic carbocycles. The molecule has 0 amide bonds. The summed E-state index contributed by atoms with van der Waals surface area (Å²) in [6.07, 6.45) is 2.24. The van der Waals surface area contributed by atoms with Gasteiger partial charge in [-0.3, -0.25) is 0 Å². The third-order valence-electron chi connectivity index (χ3n) is 3.64. The molecule has 1 aromatic heterocycles. The second-order valence-electron chi connectivity index (χ2n) is 6.31. The molecule has 2 aromatic rings. The van der Waals surface area contributed by atoms with Crippen molar-refractivity contribution in [2.75, 3.05) is 0 Å². The molecule has 0 bridgehead atoms. The van der Waals surface area contributed by atoms with Crippen molar-refractivity contribution in [3.63, 3.8) is 0 Å². The van der Waals surface area contributed by atoms with E-state index < -0.39 is 8.07 Å². The highest BCUT2D eigenvalue weighted by molar-refractivity contribution is 6.88. The Labute approximate surface area is 122 Å². The minimum Gasteiger partial charge on any atom is -0.201 e. The summed E-state index contributed by atoms with van der Waals surface area (Å²) in [5.41, 5.74) is 4.19. The van der Waals surface area contributed by atoms with Crippen molar-refractivity contribution in [1.29, 1.82) is 5.26 Å². The molecular formula is C17H21N2Si+. The zero-order valence-electron chi connectivity index (χ0n) is 12.9. The second-order valence-corrected chi connectivity index (χ2v) is 11.4. The number of aryl methyl sites for hydroxylation is 2. The number of hydrogen-bond acceptors (Lipinski definition) is 1. The lowest BCUT2D eigenvalue weighted by Crippen LogP contribution is -2.44. The SMILES string of the molecule is Cc1ccc(C#N)cc1-c1ccc([Si](C)(C)C)c[n+]1C. The Morgan fingerprint density at radius 2 is 1.80 bits per heavy atom. The minimum atomic E-state index is -1.29. The minimum absolute atomic E-state index is 0.708. The molecule has 0 spiro atoms. The molecule has 0 atom stereocenters. The van der Waals surface area contributed by atoms with E-state index in [9.17, 15) is 0 Å². The number of pyridine rings is 1. The normalized spacial score (nSPS) is 11.2. The van der Waals surface area contributed by atoms with Crippen LogP contribution in [0.4, 0.5) is 0 Å². The van der Waals surface area contributed by atoms with Gasteiger partial charge in [-0.2, -0.15) is 5.26 Å². The van der Waals surface area contributed by atoms with E-state index >= 15 is 0 Å². The van der Waals surface area contributed by atoms with Crippen LogP contribution in [-0.2, 0) is 7.05 Å². The van der Waals surface area contributed by atoms with Crippen LogP contribution in [0.2, 0.25) is 19.6 Å². The lowest BCUT2D eigenvalue weighted by Gasteiger charge is -2.15. The van der Waals surface area contributed by atoms with Crippen LogP contribution in [0, 0.1) is 18.3 Å². The third kappa shape index (κ3) is 2.81. The fourth-order valence-electron chi connectivity index (χ4n) is 2.30. The van der Waals surface area contributed by atoms with Crippen LogP contribution in [0.1, 0.15) is 11.1 Å². The van der Waals surface area contributed by atoms with Crippen LogP contribution in [-0.4, -0.2) is 8.07 Å². The number of hydrogen-bond donors (Lipinski definition) is 0. The topological polar surface area (TPSA) is 27.7 Å². The smallest absolute Gasteiger partial charge is 0.201 e. The average Bonchev–Trinajstić information content (AvgIpc) is 2.38. The molecule has 0 aliphatic heterocycles. The quantitative estimate of drug-likeness (QED) is 0.614. The van der Waals surface area contributed by atoms with E-state index in [2.05, 4.69) is 62.6 Å². The maximum absolute atomic E-state index is 9.07. The molecule has 2 nitrogen and oxygen atoms in total. The van der Waals surface area contributed by atoms with E-state index in [4.69, 9.17) is 5.26 Å². The Hall–Kier alpha value is -1.92. The van der Waals surface area contributed by atoms with E-state index in [-0.39, 0.29) is 0 Å². The zero-order valence-corrected chi connectivity index (χ0v) is 13.9.